The van der Waals surface area contributed by atoms with Crippen molar-refractivity contribution >= 4 is 21.6 Å². The van der Waals surface area contributed by atoms with E-state index in [2.05, 4.69) is 10.0 Å². The number of piperidine rings is 1. The molecule has 2 heterocycles. The Kier molecular flexibility index (Phi) is 4.35. The molecule has 0 atom stereocenters. The van der Waals surface area contributed by atoms with Crippen LogP contribution < -0.4 is 14.8 Å². The number of fused-ring (bicyclic) bond motifs is 1. The molecule has 2 N–H and O–H groups in total. The predicted molar refractivity (Wildman–Crippen MR) is 97.4 cm³/mol. The average molecular weight is 379 g/mol. The Morgan fingerprint density at radius 1 is 1.23 bits per heavy atom. The Labute approximate surface area is 154 Å². The second-order valence-electron chi connectivity index (χ2n) is 7.48. The number of ether oxygens (including phenoxy) is 1. The third-order valence-corrected chi connectivity index (χ3v) is 7.41. The number of anilines is 1. The summed E-state index contributed by atoms with van der Waals surface area (Å²) in [6.07, 6.45) is 5.32. The number of nitrogens with zero attached hydrogens (tertiary/aromatic N) is 1. The van der Waals surface area contributed by atoms with Crippen LogP contribution in [0, 0.1) is 5.92 Å². The molecule has 7 nitrogen and oxygen atoms in total. The summed E-state index contributed by atoms with van der Waals surface area (Å²) in [5, 5.41) is 3.36. The van der Waals surface area contributed by atoms with Crippen LogP contribution in [-0.2, 0) is 14.8 Å². The monoisotopic (exact) mass is 379 g/mol. The molecule has 0 radical (unpaired) electrons. The van der Waals surface area contributed by atoms with Crippen LogP contribution in [0.5, 0.6) is 5.75 Å². The van der Waals surface area contributed by atoms with Gasteiger partial charge in [-0.1, -0.05) is 12.8 Å². The zero-order valence-corrected chi connectivity index (χ0v) is 15.8. The van der Waals surface area contributed by atoms with E-state index in [9.17, 15) is 13.2 Å². The van der Waals surface area contributed by atoms with Crippen molar-refractivity contribution in [1.29, 1.82) is 0 Å². The highest BCUT2D eigenvalue weighted by Gasteiger charge is 2.44. The van der Waals surface area contributed by atoms with Gasteiger partial charge in [0.2, 0.25) is 15.9 Å². The van der Waals surface area contributed by atoms with E-state index in [1.807, 2.05) is 4.90 Å². The van der Waals surface area contributed by atoms with Crippen molar-refractivity contribution in [3.63, 3.8) is 0 Å². The normalized spacial score (nSPS) is 24.1. The SMILES string of the molecule is COc1ccc2c(c1)NC1(CCN(C(=O)C3CCCC3)CC1)NS2(=O)=O. The zero-order valence-electron chi connectivity index (χ0n) is 15.0. The van der Waals surface area contributed by atoms with E-state index in [0.29, 0.717) is 37.4 Å². The van der Waals surface area contributed by atoms with Gasteiger partial charge in [0.25, 0.3) is 0 Å². The third kappa shape index (κ3) is 3.05. The van der Waals surface area contributed by atoms with Crippen LogP contribution in [0.15, 0.2) is 23.1 Å². The molecule has 26 heavy (non-hydrogen) atoms. The van der Waals surface area contributed by atoms with Gasteiger partial charge in [-0.05, 0) is 25.0 Å². The van der Waals surface area contributed by atoms with E-state index in [4.69, 9.17) is 4.74 Å². The number of methoxy groups -OCH3 is 1. The van der Waals surface area contributed by atoms with Gasteiger partial charge in [0.15, 0.2) is 0 Å². The summed E-state index contributed by atoms with van der Waals surface area (Å²) in [5.74, 6) is 1.00. The number of nitrogens with one attached hydrogen (secondary N) is 2. The Bertz CT molecular complexity index is 810. The molecule has 1 amide bonds. The van der Waals surface area contributed by atoms with Crippen LogP contribution in [-0.4, -0.2) is 45.1 Å². The van der Waals surface area contributed by atoms with E-state index in [1.165, 1.54) is 0 Å². The van der Waals surface area contributed by atoms with Gasteiger partial charge in [-0.3, -0.25) is 4.79 Å². The molecule has 0 aromatic heterocycles. The van der Waals surface area contributed by atoms with Crippen LogP contribution in [0.4, 0.5) is 5.69 Å². The molecule has 1 aliphatic carbocycles. The predicted octanol–water partition coefficient (Wildman–Crippen LogP) is 1.91. The minimum atomic E-state index is -3.60. The van der Waals surface area contributed by atoms with Gasteiger partial charge in [0, 0.05) is 37.9 Å². The summed E-state index contributed by atoms with van der Waals surface area (Å²) >= 11 is 0. The van der Waals surface area contributed by atoms with Crippen LogP contribution in [0.1, 0.15) is 38.5 Å². The maximum absolute atomic E-state index is 12.7. The smallest absolute Gasteiger partial charge is 0.244 e. The molecule has 2 aliphatic heterocycles. The van der Waals surface area contributed by atoms with E-state index in [0.717, 1.165) is 25.7 Å². The van der Waals surface area contributed by atoms with Crippen molar-refractivity contribution in [1.82, 2.24) is 9.62 Å². The first-order valence-electron chi connectivity index (χ1n) is 9.21. The lowest BCUT2D eigenvalue weighted by Crippen LogP contribution is -2.62. The maximum atomic E-state index is 12.7. The van der Waals surface area contributed by atoms with Gasteiger partial charge in [0.1, 0.15) is 16.3 Å². The van der Waals surface area contributed by atoms with E-state index in [1.54, 1.807) is 25.3 Å². The average Bonchev–Trinajstić information content (AvgIpc) is 3.15. The molecule has 142 valence electrons. The molecule has 1 saturated heterocycles. The molecule has 0 unspecified atom stereocenters. The van der Waals surface area contributed by atoms with Crippen molar-refractivity contribution in [3.8, 4) is 5.75 Å². The van der Waals surface area contributed by atoms with Gasteiger partial charge in [-0.25, -0.2) is 8.42 Å². The highest BCUT2D eigenvalue weighted by Crippen LogP contribution is 2.37. The number of sulfonamides is 1. The summed E-state index contributed by atoms with van der Waals surface area (Å²) in [6, 6.07) is 4.90. The van der Waals surface area contributed by atoms with Crippen molar-refractivity contribution in [2.75, 3.05) is 25.5 Å². The molecule has 0 bridgehead atoms. The maximum Gasteiger partial charge on any atom is 0.244 e. The van der Waals surface area contributed by atoms with Gasteiger partial charge >= 0.3 is 0 Å². The van der Waals surface area contributed by atoms with Gasteiger partial charge in [0.05, 0.1) is 12.8 Å². The van der Waals surface area contributed by atoms with Gasteiger partial charge in [-0.15, -0.1) is 0 Å². The Hall–Kier alpha value is -1.80. The largest absolute Gasteiger partial charge is 0.497 e. The standard InChI is InChI=1S/C18H25N3O4S/c1-25-14-6-7-16-15(12-14)19-18(20-26(16,23)24)8-10-21(11-9-18)17(22)13-4-2-3-5-13/h6-7,12-13,19-20H,2-5,8-11H2,1H3. The van der Waals surface area contributed by atoms with Gasteiger partial charge in [-0.2, -0.15) is 4.72 Å². The zero-order chi connectivity index (χ0) is 18.4. The second kappa shape index (κ2) is 6.42. The van der Waals surface area contributed by atoms with Crippen LogP contribution in [0.2, 0.25) is 0 Å². The molecule has 1 spiro atoms. The molecule has 1 aromatic rings. The number of benzene rings is 1. The van der Waals surface area contributed by atoms with Crippen molar-refractivity contribution in [2.45, 2.75) is 49.1 Å². The first kappa shape index (κ1) is 17.6. The number of carbonyl (C=O) groups excluding carboxylic acids is 1. The Morgan fingerprint density at radius 3 is 2.58 bits per heavy atom. The fraction of sp³-hybridized carbons (Fsp3) is 0.611. The number of amides is 1. The molecule has 2 fully saturated rings. The number of rotatable bonds is 2. The fourth-order valence-electron chi connectivity index (χ4n) is 4.33. The molecule has 1 saturated carbocycles. The highest BCUT2D eigenvalue weighted by atomic mass is 32.2. The first-order valence-corrected chi connectivity index (χ1v) is 10.7. The number of likely N-dealkylation sites (tertiary alicyclic amines) is 1. The minimum absolute atomic E-state index is 0.157. The van der Waals surface area contributed by atoms with Crippen molar-refractivity contribution < 1.29 is 17.9 Å². The van der Waals surface area contributed by atoms with Crippen molar-refractivity contribution in [3.05, 3.63) is 18.2 Å². The molecule has 8 heteroatoms. The van der Waals surface area contributed by atoms with Gasteiger partial charge < -0.3 is 15.0 Å². The quantitative estimate of drug-likeness (QED) is 0.820. The van der Waals surface area contributed by atoms with E-state index in [-0.39, 0.29) is 16.7 Å². The Morgan fingerprint density at radius 2 is 1.92 bits per heavy atom. The van der Waals surface area contributed by atoms with Crippen LogP contribution in [0.3, 0.4) is 0 Å². The van der Waals surface area contributed by atoms with Crippen molar-refractivity contribution in [2.24, 2.45) is 5.92 Å². The first-order chi connectivity index (χ1) is 12.4. The number of hydrogen-bond acceptors (Lipinski definition) is 5. The molecular formula is C18H25N3O4S. The summed E-state index contributed by atoms with van der Waals surface area (Å²) in [5.41, 5.74) is -0.191. The molecular weight excluding hydrogens is 354 g/mol. The molecule has 3 aliphatic rings. The lowest BCUT2D eigenvalue weighted by atomic mass is 9.95. The lowest BCUT2D eigenvalue weighted by molar-refractivity contribution is -0.136. The summed E-state index contributed by atoms with van der Waals surface area (Å²) < 4.78 is 33.4. The lowest BCUT2D eigenvalue weighted by Gasteiger charge is -2.46. The second-order valence-corrected chi connectivity index (χ2v) is 9.13. The summed E-state index contributed by atoms with van der Waals surface area (Å²) in [6.45, 7) is 1.12. The summed E-state index contributed by atoms with van der Waals surface area (Å²) in [7, 11) is -2.04. The Balaban J connectivity index is 1.52. The number of hydrogen-bond donors (Lipinski definition) is 2. The number of carbonyl (C=O) groups is 1. The van der Waals surface area contributed by atoms with E-state index >= 15 is 0 Å². The topological polar surface area (TPSA) is 87.7 Å². The molecule has 1 aromatic carbocycles. The highest BCUT2D eigenvalue weighted by molar-refractivity contribution is 7.89. The van der Waals surface area contributed by atoms with Crippen LogP contribution >= 0.6 is 0 Å². The summed E-state index contributed by atoms with van der Waals surface area (Å²) in [4.78, 5) is 14.8. The third-order valence-electron chi connectivity index (χ3n) is 5.81. The van der Waals surface area contributed by atoms with Crippen LogP contribution in [0.25, 0.3) is 0 Å². The van der Waals surface area contributed by atoms with E-state index < -0.39 is 15.7 Å². The fourth-order valence-corrected chi connectivity index (χ4v) is 5.86. The molecule has 4 rings (SSSR count). The minimum Gasteiger partial charge on any atom is -0.497 e.